The van der Waals surface area contributed by atoms with E-state index in [2.05, 4.69) is 10.3 Å². The van der Waals surface area contributed by atoms with E-state index in [1.807, 2.05) is 0 Å². The van der Waals surface area contributed by atoms with Gasteiger partial charge < -0.3 is 10.1 Å². The number of anilines is 1. The van der Waals surface area contributed by atoms with Crippen LogP contribution in [-0.4, -0.2) is 29.3 Å². The Morgan fingerprint density at radius 2 is 2.12 bits per heavy atom. The maximum absolute atomic E-state index is 12.2. The van der Waals surface area contributed by atoms with Gasteiger partial charge in [-0.05, 0) is 42.8 Å². The standard InChI is InChI=1S/C17H13ClN2O4/c1-9-12-7-10(4-5-13(12)20-16(9)22)14(21)8-24-17(23)11-3-2-6-19-15(11)18/h2-7,9H,8H2,1H3,(H,20,22)/t9-/m0/s1. The fourth-order valence-electron chi connectivity index (χ4n) is 2.42. The molecule has 0 bridgehead atoms. The molecule has 0 saturated carbocycles. The van der Waals surface area contributed by atoms with E-state index >= 15 is 0 Å². The molecule has 1 aliphatic rings. The first-order chi connectivity index (χ1) is 11.5. The molecule has 0 aliphatic carbocycles. The number of nitrogens with zero attached hydrogens (tertiary/aromatic N) is 1. The van der Waals surface area contributed by atoms with Crippen LogP contribution in [0.1, 0.15) is 39.1 Å². The van der Waals surface area contributed by atoms with Crippen LogP contribution in [0, 0.1) is 0 Å². The minimum absolute atomic E-state index is 0.0193. The summed E-state index contributed by atoms with van der Waals surface area (Å²) in [4.78, 5) is 39.6. The normalized spacial score (nSPS) is 15.6. The fourth-order valence-corrected chi connectivity index (χ4v) is 2.62. The van der Waals surface area contributed by atoms with Crippen molar-refractivity contribution < 1.29 is 19.1 Å². The Labute approximate surface area is 142 Å². The Bertz CT molecular complexity index is 850. The van der Waals surface area contributed by atoms with Crippen LogP contribution < -0.4 is 5.32 Å². The molecule has 0 radical (unpaired) electrons. The Morgan fingerprint density at radius 1 is 1.33 bits per heavy atom. The molecule has 0 saturated heterocycles. The van der Waals surface area contributed by atoms with Crippen LogP contribution in [0.3, 0.4) is 0 Å². The number of hydrogen-bond donors (Lipinski definition) is 1. The molecule has 1 aromatic carbocycles. The number of ether oxygens (including phenoxy) is 1. The molecular formula is C17H13ClN2O4. The number of carbonyl (C=O) groups is 3. The van der Waals surface area contributed by atoms with E-state index in [4.69, 9.17) is 16.3 Å². The number of pyridine rings is 1. The number of benzene rings is 1. The lowest BCUT2D eigenvalue weighted by Gasteiger charge is -2.07. The van der Waals surface area contributed by atoms with E-state index in [1.54, 1.807) is 31.2 Å². The van der Waals surface area contributed by atoms with Crippen molar-refractivity contribution in [2.24, 2.45) is 0 Å². The smallest absolute Gasteiger partial charge is 0.341 e. The monoisotopic (exact) mass is 344 g/mol. The van der Waals surface area contributed by atoms with Gasteiger partial charge in [0.1, 0.15) is 5.15 Å². The summed E-state index contributed by atoms with van der Waals surface area (Å²) in [6, 6.07) is 7.92. The highest BCUT2D eigenvalue weighted by Crippen LogP contribution is 2.32. The fraction of sp³-hybridized carbons (Fsp3) is 0.176. The summed E-state index contributed by atoms with van der Waals surface area (Å²) >= 11 is 5.81. The van der Waals surface area contributed by atoms with Gasteiger partial charge in [0.05, 0.1) is 11.5 Å². The highest BCUT2D eigenvalue weighted by Gasteiger charge is 2.27. The Hall–Kier alpha value is -2.73. The second-order valence-corrected chi connectivity index (χ2v) is 5.71. The number of carbonyl (C=O) groups excluding carboxylic acids is 3. The minimum atomic E-state index is -0.715. The average Bonchev–Trinajstić information content (AvgIpc) is 2.87. The van der Waals surface area contributed by atoms with Crippen LogP contribution >= 0.6 is 11.6 Å². The summed E-state index contributed by atoms with van der Waals surface area (Å²) in [5.41, 5.74) is 1.93. The summed E-state index contributed by atoms with van der Waals surface area (Å²) in [5.74, 6) is -1.50. The number of amides is 1. The van der Waals surface area contributed by atoms with Crippen molar-refractivity contribution in [1.29, 1.82) is 0 Å². The van der Waals surface area contributed by atoms with Crippen molar-refractivity contribution in [3.63, 3.8) is 0 Å². The van der Waals surface area contributed by atoms with E-state index in [0.717, 1.165) is 5.56 Å². The number of halogens is 1. The van der Waals surface area contributed by atoms with Gasteiger partial charge >= 0.3 is 5.97 Å². The first kappa shape index (κ1) is 16.1. The summed E-state index contributed by atoms with van der Waals surface area (Å²) in [6.07, 6.45) is 1.45. The average molecular weight is 345 g/mol. The summed E-state index contributed by atoms with van der Waals surface area (Å²) < 4.78 is 5.00. The third-order valence-electron chi connectivity index (χ3n) is 3.80. The quantitative estimate of drug-likeness (QED) is 0.523. The summed E-state index contributed by atoms with van der Waals surface area (Å²) in [6.45, 7) is 1.35. The third kappa shape index (κ3) is 3.00. The molecule has 7 heteroatoms. The molecule has 1 atom stereocenters. The number of aromatic nitrogens is 1. The van der Waals surface area contributed by atoms with Gasteiger partial charge in [0, 0.05) is 17.4 Å². The summed E-state index contributed by atoms with van der Waals surface area (Å²) in [7, 11) is 0. The van der Waals surface area contributed by atoms with Gasteiger partial charge in [-0.25, -0.2) is 9.78 Å². The predicted molar refractivity (Wildman–Crippen MR) is 87.3 cm³/mol. The van der Waals surface area contributed by atoms with Crippen molar-refractivity contribution in [3.8, 4) is 0 Å². The van der Waals surface area contributed by atoms with Crippen LogP contribution in [0.2, 0.25) is 5.15 Å². The van der Waals surface area contributed by atoms with Gasteiger partial charge in [-0.2, -0.15) is 0 Å². The number of hydrogen-bond acceptors (Lipinski definition) is 5. The Kier molecular flexibility index (Phi) is 4.31. The van der Waals surface area contributed by atoms with Crippen LogP contribution in [0.25, 0.3) is 0 Å². The molecule has 2 aromatic rings. The lowest BCUT2D eigenvalue weighted by molar-refractivity contribution is -0.116. The van der Waals surface area contributed by atoms with Gasteiger partial charge in [-0.15, -0.1) is 0 Å². The molecule has 24 heavy (non-hydrogen) atoms. The second kappa shape index (κ2) is 6.41. The van der Waals surface area contributed by atoms with E-state index in [-0.39, 0.29) is 28.3 Å². The SMILES string of the molecule is C[C@@H]1C(=O)Nc2ccc(C(=O)COC(=O)c3cccnc3Cl)cc21. The van der Waals surface area contributed by atoms with Crippen molar-refractivity contribution in [3.05, 3.63) is 58.4 Å². The molecule has 122 valence electrons. The Morgan fingerprint density at radius 3 is 2.88 bits per heavy atom. The molecule has 1 amide bonds. The molecule has 3 rings (SSSR count). The first-order valence-electron chi connectivity index (χ1n) is 7.23. The topological polar surface area (TPSA) is 85.4 Å². The molecule has 1 aliphatic heterocycles. The first-order valence-corrected chi connectivity index (χ1v) is 7.61. The lowest BCUT2D eigenvalue weighted by Crippen LogP contribution is -2.15. The predicted octanol–water partition coefficient (Wildman–Crippen LogP) is 2.83. The van der Waals surface area contributed by atoms with Gasteiger partial charge in [0.25, 0.3) is 0 Å². The molecule has 6 nitrogen and oxygen atoms in total. The number of esters is 1. The molecule has 2 heterocycles. The number of rotatable bonds is 4. The molecule has 0 unspecified atom stereocenters. The van der Waals surface area contributed by atoms with Crippen molar-refractivity contribution in [1.82, 2.24) is 4.98 Å². The zero-order valence-electron chi connectivity index (χ0n) is 12.7. The van der Waals surface area contributed by atoms with Crippen LogP contribution in [-0.2, 0) is 9.53 Å². The van der Waals surface area contributed by atoms with Crippen LogP contribution in [0.5, 0.6) is 0 Å². The molecule has 0 spiro atoms. The maximum atomic E-state index is 12.2. The summed E-state index contributed by atoms with van der Waals surface area (Å²) in [5, 5.41) is 2.75. The number of nitrogens with one attached hydrogen (secondary N) is 1. The zero-order valence-corrected chi connectivity index (χ0v) is 13.5. The van der Waals surface area contributed by atoms with E-state index in [0.29, 0.717) is 11.3 Å². The van der Waals surface area contributed by atoms with Gasteiger partial charge in [-0.3, -0.25) is 9.59 Å². The number of ketones is 1. The third-order valence-corrected chi connectivity index (χ3v) is 4.11. The molecular weight excluding hydrogens is 332 g/mol. The molecule has 1 N–H and O–H groups in total. The van der Waals surface area contributed by atoms with Gasteiger partial charge in [-0.1, -0.05) is 11.6 Å². The Balaban J connectivity index is 1.69. The minimum Gasteiger partial charge on any atom is -0.454 e. The molecule has 0 fully saturated rings. The van der Waals surface area contributed by atoms with Gasteiger partial charge in [0.2, 0.25) is 5.91 Å². The van der Waals surface area contributed by atoms with Crippen molar-refractivity contribution in [2.75, 3.05) is 11.9 Å². The van der Waals surface area contributed by atoms with E-state index < -0.39 is 12.6 Å². The zero-order chi connectivity index (χ0) is 17.3. The lowest BCUT2D eigenvalue weighted by atomic mass is 9.99. The largest absolute Gasteiger partial charge is 0.454 e. The van der Waals surface area contributed by atoms with Crippen LogP contribution in [0.4, 0.5) is 5.69 Å². The van der Waals surface area contributed by atoms with Gasteiger partial charge in [0.15, 0.2) is 12.4 Å². The maximum Gasteiger partial charge on any atom is 0.341 e. The highest BCUT2D eigenvalue weighted by atomic mass is 35.5. The van der Waals surface area contributed by atoms with Crippen molar-refractivity contribution >= 4 is 34.9 Å². The van der Waals surface area contributed by atoms with E-state index in [1.165, 1.54) is 12.3 Å². The highest BCUT2D eigenvalue weighted by molar-refractivity contribution is 6.32. The molecule has 1 aromatic heterocycles. The number of Topliss-reactive ketones (excluding diaryl/α,β-unsaturated/α-hetero) is 1. The van der Waals surface area contributed by atoms with E-state index in [9.17, 15) is 14.4 Å². The van der Waals surface area contributed by atoms with Crippen molar-refractivity contribution in [2.45, 2.75) is 12.8 Å². The second-order valence-electron chi connectivity index (χ2n) is 5.35. The number of fused-ring (bicyclic) bond motifs is 1. The van der Waals surface area contributed by atoms with Crippen LogP contribution in [0.15, 0.2) is 36.5 Å².